The Kier molecular flexibility index (Phi) is 6.42. The second-order valence-corrected chi connectivity index (χ2v) is 9.28. The Morgan fingerprint density at radius 2 is 1.19 bits per heavy atom. The average molecular weight is 458 g/mol. The Labute approximate surface area is 180 Å². The Morgan fingerprint density at radius 1 is 0.677 bits per heavy atom. The zero-order valence-corrected chi connectivity index (χ0v) is 17.7. The Balaban J connectivity index is 2.28. The number of rotatable bonds is 6. The minimum absolute atomic E-state index is 0.109. The van der Waals surface area contributed by atoms with Gasteiger partial charge in [0.2, 0.25) is 0 Å². The van der Waals surface area contributed by atoms with Crippen molar-refractivity contribution in [3.63, 3.8) is 0 Å². The van der Waals surface area contributed by atoms with Gasteiger partial charge >= 0.3 is 0 Å². The first-order chi connectivity index (χ1) is 14.6. The number of benzene rings is 3. The van der Waals surface area contributed by atoms with E-state index in [4.69, 9.17) is 5.73 Å². The largest absolute Gasteiger partial charge is 0.398 e. The maximum atomic E-state index is 12.2. The van der Waals surface area contributed by atoms with Crippen molar-refractivity contribution < 1.29 is 25.9 Å². The quantitative estimate of drug-likeness (QED) is 0.378. The van der Waals surface area contributed by atoms with Gasteiger partial charge in [0.05, 0.1) is 0 Å². The van der Waals surface area contributed by atoms with Gasteiger partial charge in [0.1, 0.15) is 9.79 Å². The summed E-state index contributed by atoms with van der Waals surface area (Å²) in [6, 6.07) is 20.1. The summed E-state index contributed by atoms with van der Waals surface area (Å²) in [5.74, 6) is 0. The van der Waals surface area contributed by atoms with Crippen molar-refractivity contribution >= 4 is 44.2 Å². The van der Waals surface area contributed by atoms with Gasteiger partial charge in [-0.25, -0.2) is 0 Å². The number of hydrogen-bond acceptors (Lipinski definition) is 5. The molecule has 0 bridgehead atoms. The lowest BCUT2D eigenvalue weighted by molar-refractivity contribution is 0.466. The molecule has 0 saturated heterocycles. The van der Waals surface area contributed by atoms with Crippen LogP contribution < -0.4 is 5.73 Å². The van der Waals surface area contributed by atoms with Crippen LogP contribution in [-0.2, 0) is 20.2 Å². The molecule has 3 rings (SSSR count). The van der Waals surface area contributed by atoms with Crippen LogP contribution in [0.15, 0.2) is 82.6 Å². The highest BCUT2D eigenvalue weighted by Crippen LogP contribution is 2.33. The summed E-state index contributed by atoms with van der Waals surface area (Å²) in [6.45, 7) is 0. The van der Waals surface area contributed by atoms with Crippen LogP contribution in [0.25, 0.3) is 23.9 Å². The molecule has 0 radical (unpaired) electrons. The predicted molar refractivity (Wildman–Crippen MR) is 120 cm³/mol. The molecule has 0 aromatic heterocycles. The van der Waals surface area contributed by atoms with Crippen LogP contribution in [0.3, 0.4) is 0 Å². The first-order valence-electron chi connectivity index (χ1n) is 8.95. The van der Waals surface area contributed by atoms with Crippen LogP contribution in [0, 0.1) is 0 Å². The first-order valence-corrected chi connectivity index (χ1v) is 11.8. The third-order valence-electron chi connectivity index (χ3n) is 4.35. The fourth-order valence-corrected chi connectivity index (χ4v) is 5.24. The monoisotopic (exact) mass is 457 g/mol. The zero-order chi connectivity index (χ0) is 22.6. The van der Waals surface area contributed by atoms with Crippen molar-refractivity contribution in [3.8, 4) is 0 Å². The molecule has 9 heteroatoms. The van der Waals surface area contributed by atoms with Gasteiger partial charge in [0.15, 0.2) is 0 Å². The molecule has 0 heterocycles. The summed E-state index contributed by atoms with van der Waals surface area (Å²) in [5, 5.41) is 0. The molecule has 0 aliphatic rings. The van der Waals surface area contributed by atoms with E-state index in [1.165, 1.54) is 24.3 Å². The van der Waals surface area contributed by atoms with E-state index in [0.29, 0.717) is 11.1 Å². The van der Waals surface area contributed by atoms with Crippen LogP contribution in [0.4, 0.5) is 0 Å². The summed E-state index contributed by atoms with van der Waals surface area (Å²) in [5.41, 5.74) is 6.89. The Hall–Kier alpha value is -3.24. The molecule has 160 valence electrons. The van der Waals surface area contributed by atoms with Gasteiger partial charge in [-0.3, -0.25) is 9.11 Å². The molecule has 0 aliphatic heterocycles. The third kappa shape index (κ3) is 5.47. The Morgan fingerprint density at radius 3 is 1.71 bits per heavy atom. The number of nitrogens with two attached hydrogens (primary N) is 1. The molecule has 0 amide bonds. The lowest BCUT2D eigenvalue weighted by Crippen LogP contribution is -2.14. The normalized spacial score (nSPS) is 12.9. The fourth-order valence-electron chi connectivity index (χ4n) is 3.02. The SMILES string of the molecule is NC(=Cc1ccccc1)c1ccc(C=Cc2ccccc2)c(S(=O)(=O)O)c1S(=O)(=O)O. The molecule has 0 saturated carbocycles. The van der Waals surface area contributed by atoms with E-state index < -0.39 is 30.0 Å². The fraction of sp³-hybridized carbons (Fsp3) is 0. The average Bonchev–Trinajstić information content (AvgIpc) is 2.71. The van der Waals surface area contributed by atoms with Gasteiger partial charge in [-0.2, -0.15) is 16.8 Å². The zero-order valence-electron chi connectivity index (χ0n) is 16.1. The van der Waals surface area contributed by atoms with E-state index in [0.717, 1.165) is 0 Å². The Bertz CT molecular complexity index is 1360. The van der Waals surface area contributed by atoms with Gasteiger partial charge < -0.3 is 5.73 Å². The molecular formula is C22H19NO6S2. The van der Waals surface area contributed by atoms with Gasteiger partial charge in [-0.05, 0) is 22.8 Å². The highest BCUT2D eigenvalue weighted by molar-refractivity contribution is 7.89. The summed E-state index contributed by atoms with van der Waals surface area (Å²) in [6.07, 6.45) is 4.30. The molecule has 3 aromatic rings. The van der Waals surface area contributed by atoms with Crippen molar-refractivity contribution in [1.29, 1.82) is 0 Å². The van der Waals surface area contributed by atoms with Crippen molar-refractivity contribution in [1.82, 2.24) is 0 Å². The molecule has 4 N–H and O–H groups in total. The lowest BCUT2D eigenvalue weighted by Gasteiger charge is -2.14. The van der Waals surface area contributed by atoms with Crippen LogP contribution in [0.5, 0.6) is 0 Å². The van der Waals surface area contributed by atoms with Crippen molar-refractivity contribution in [3.05, 3.63) is 95.1 Å². The van der Waals surface area contributed by atoms with Gasteiger partial charge in [-0.15, -0.1) is 0 Å². The molecule has 0 aliphatic carbocycles. The molecule has 0 unspecified atom stereocenters. The summed E-state index contributed by atoms with van der Waals surface area (Å²) >= 11 is 0. The molecule has 31 heavy (non-hydrogen) atoms. The molecule has 0 spiro atoms. The minimum atomic E-state index is -5.08. The summed E-state index contributed by atoms with van der Waals surface area (Å²) < 4.78 is 68.3. The molecule has 0 atom stereocenters. The maximum absolute atomic E-state index is 12.2. The topological polar surface area (TPSA) is 135 Å². The van der Waals surface area contributed by atoms with Gasteiger partial charge in [-0.1, -0.05) is 84.9 Å². The van der Waals surface area contributed by atoms with Crippen molar-refractivity contribution in [2.45, 2.75) is 9.79 Å². The van der Waals surface area contributed by atoms with E-state index in [1.54, 1.807) is 66.7 Å². The van der Waals surface area contributed by atoms with Crippen molar-refractivity contribution in [2.24, 2.45) is 5.73 Å². The molecular weight excluding hydrogens is 438 g/mol. The lowest BCUT2D eigenvalue weighted by atomic mass is 10.1. The minimum Gasteiger partial charge on any atom is -0.398 e. The second-order valence-electron chi connectivity index (χ2n) is 6.57. The van der Waals surface area contributed by atoms with Crippen LogP contribution in [0.2, 0.25) is 0 Å². The van der Waals surface area contributed by atoms with Gasteiger partial charge in [0.25, 0.3) is 20.2 Å². The van der Waals surface area contributed by atoms with Crippen LogP contribution in [0.1, 0.15) is 22.3 Å². The third-order valence-corrected chi connectivity index (χ3v) is 6.37. The molecule has 7 nitrogen and oxygen atoms in total. The van der Waals surface area contributed by atoms with E-state index in [2.05, 4.69) is 0 Å². The highest BCUT2D eigenvalue weighted by Gasteiger charge is 2.30. The summed E-state index contributed by atoms with van der Waals surface area (Å²) in [7, 11) is -10.1. The molecule has 0 fully saturated rings. The van der Waals surface area contributed by atoms with E-state index in [9.17, 15) is 25.9 Å². The van der Waals surface area contributed by atoms with Crippen LogP contribution in [-0.4, -0.2) is 25.9 Å². The van der Waals surface area contributed by atoms with E-state index in [-0.39, 0.29) is 16.8 Å². The van der Waals surface area contributed by atoms with Crippen molar-refractivity contribution in [2.75, 3.05) is 0 Å². The highest BCUT2D eigenvalue weighted by atomic mass is 32.2. The molecule has 3 aromatic carbocycles. The first kappa shape index (κ1) is 22.4. The van der Waals surface area contributed by atoms with Crippen LogP contribution >= 0.6 is 0 Å². The summed E-state index contributed by atoms with van der Waals surface area (Å²) in [4.78, 5) is -1.95. The predicted octanol–water partition coefficient (Wildman–Crippen LogP) is 3.81. The van der Waals surface area contributed by atoms with E-state index >= 15 is 0 Å². The number of hydrogen-bond donors (Lipinski definition) is 3. The van der Waals surface area contributed by atoms with Gasteiger partial charge in [0, 0.05) is 11.3 Å². The standard InChI is InChI=1S/C22H19NO6S2/c23-20(15-17-9-5-2-6-10-17)19-14-13-18(12-11-16-7-3-1-4-8-16)21(30(24,25)26)22(19)31(27,28)29/h1-15H,23H2,(H,24,25,26)(H,27,28,29). The smallest absolute Gasteiger partial charge is 0.296 e. The van der Waals surface area contributed by atoms with E-state index in [1.807, 2.05) is 0 Å². The maximum Gasteiger partial charge on any atom is 0.296 e. The second kappa shape index (κ2) is 8.86.